The molecular weight excluding hydrogens is 372 g/mol. The molecule has 5 nitrogen and oxygen atoms in total. The van der Waals surface area contributed by atoms with Crippen molar-refractivity contribution in [3.05, 3.63) is 77.7 Å². The zero-order valence-corrected chi connectivity index (χ0v) is 16.8. The summed E-state index contributed by atoms with van der Waals surface area (Å²) in [5.41, 5.74) is 3.21. The van der Waals surface area contributed by atoms with Gasteiger partial charge in [0.15, 0.2) is 5.76 Å². The van der Waals surface area contributed by atoms with Crippen LogP contribution in [0, 0.1) is 13.8 Å². The number of rotatable bonds is 6. The van der Waals surface area contributed by atoms with Crippen molar-refractivity contribution in [3.8, 4) is 0 Å². The molecule has 0 fully saturated rings. The molecule has 0 aliphatic heterocycles. The number of furan rings is 1. The maximum Gasteiger partial charge on any atom is 0.287 e. The van der Waals surface area contributed by atoms with Gasteiger partial charge in [-0.15, -0.1) is 0 Å². The van der Waals surface area contributed by atoms with Crippen molar-refractivity contribution in [2.45, 2.75) is 36.6 Å². The lowest BCUT2D eigenvalue weighted by Gasteiger charge is -2.13. The Bertz CT molecular complexity index is 966. The molecule has 2 aromatic carbocycles. The minimum atomic E-state index is -0.692. The second-order valence-corrected chi connectivity index (χ2v) is 7.68. The van der Waals surface area contributed by atoms with E-state index in [4.69, 9.17) is 4.42 Å². The van der Waals surface area contributed by atoms with Gasteiger partial charge in [0.25, 0.3) is 5.91 Å². The van der Waals surface area contributed by atoms with Crippen LogP contribution >= 0.6 is 11.8 Å². The summed E-state index contributed by atoms with van der Waals surface area (Å²) in [6.07, 6.45) is 1.41. The van der Waals surface area contributed by atoms with E-state index in [1.165, 1.54) is 22.3 Å². The fourth-order valence-electron chi connectivity index (χ4n) is 2.51. The van der Waals surface area contributed by atoms with E-state index in [1.54, 1.807) is 30.8 Å². The van der Waals surface area contributed by atoms with Crippen molar-refractivity contribution >= 4 is 29.3 Å². The van der Waals surface area contributed by atoms with Crippen molar-refractivity contribution in [1.29, 1.82) is 0 Å². The van der Waals surface area contributed by atoms with Gasteiger partial charge in [-0.1, -0.05) is 17.8 Å². The van der Waals surface area contributed by atoms with Gasteiger partial charge in [-0.3, -0.25) is 9.59 Å². The van der Waals surface area contributed by atoms with Crippen LogP contribution in [0.5, 0.6) is 0 Å². The smallest absolute Gasteiger partial charge is 0.287 e. The van der Waals surface area contributed by atoms with E-state index in [1.807, 2.05) is 24.3 Å². The van der Waals surface area contributed by atoms with Crippen LogP contribution in [-0.4, -0.2) is 17.9 Å². The molecule has 1 unspecified atom stereocenters. The number of benzene rings is 2. The summed E-state index contributed by atoms with van der Waals surface area (Å²) in [7, 11) is 0. The van der Waals surface area contributed by atoms with Gasteiger partial charge in [0.2, 0.25) is 5.91 Å². The van der Waals surface area contributed by atoms with Gasteiger partial charge in [-0.2, -0.15) is 0 Å². The molecule has 0 saturated heterocycles. The minimum Gasteiger partial charge on any atom is -0.459 e. The maximum atomic E-state index is 12.3. The SMILES string of the molecule is Cc1ccc(Sc2ccc(NC(=O)C(C)NC(=O)c3ccco3)cc2)cc1C. The second-order valence-electron chi connectivity index (χ2n) is 6.53. The number of hydrogen-bond donors (Lipinski definition) is 2. The van der Waals surface area contributed by atoms with Crippen LogP contribution in [0.1, 0.15) is 28.6 Å². The molecule has 0 aliphatic carbocycles. The van der Waals surface area contributed by atoms with Crippen LogP contribution in [0.15, 0.2) is 75.1 Å². The normalized spacial score (nSPS) is 11.7. The fraction of sp³-hybridized carbons (Fsp3) is 0.182. The molecule has 0 radical (unpaired) electrons. The highest BCUT2D eigenvalue weighted by molar-refractivity contribution is 7.99. The van der Waals surface area contributed by atoms with E-state index in [0.717, 1.165) is 4.90 Å². The van der Waals surface area contributed by atoms with Crippen LogP contribution in [0.4, 0.5) is 5.69 Å². The molecular formula is C22H22N2O3S. The predicted molar refractivity (Wildman–Crippen MR) is 111 cm³/mol. The van der Waals surface area contributed by atoms with Gasteiger partial charge in [0.05, 0.1) is 6.26 Å². The van der Waals surface area contributed by atoms with Crippen molar-refractivity contribution in [2.24, 2.45) is 0 Å². The lowest BCUT2D eigenvalue weighted by molar-refractivity contribution is -0.117. The maximum absolute atomic E-state index is 12.3. The summed E-state index contributed by atoms with van der Waals surface area (Å²) < 4.78 is 5.02. The Kier molecular flexibility index (Phi) is 6.21. The molecule has 2 amide bonds. The zero-order chi connectivity index (χ0) is 20.1. The summed E-state index contributed by atoms with van der Waals surface area (Å²) in [5.74, 6) is -0.547. The number of hydrogen-bond acceptors (Lipinski definition) is 4. The standard InChI is InChI=1S/C22H22N2O3S/c1-14-6-9-19(13-15(14)2)28-18-10-7-17(8-11-18)24-21(25)16(3)23-22(26)20-5-4-12-27-20/h4-13,16H,1-3H3,(H,23,26)(H,24,25). The number of amides is 2. The second kappa shape index (κ2) is 8.80. The van der Waals surface area contributed by atoms with E-state index in [0.29, 0.717) is 5.69 Å². The van der Waals surface area contributed by atoms with Crippen molar-refractivity contribution in [3.63, 3.8) is 0 Å². The van der Waals surface area contributed by atoms with Crippen molar-refractivity contribution < 1.29 is 14.0 Å². The molecule has 1 atom stereocenters. The Morgan fingerprint density at radius 3 is 2.32 bits per heavy atom. The summed E-state index contributed by atoms with van der Waals surface area (Å²) in [5, 5.41) is 5.41. The number of carbonyl (C=O) groups excluding carboxylic acids is 2. The van der Waals surface area contributed by atoms with E-state index in [2.05, 4.69) is 42.7 Å². The average Bonchev–Trinajstić information content (AvgIpc) is 3.21. The monoisotopic (exact) mass is 394 g/mol. The van der Waals surface area contributed by atoms with E-state index < -0.39 is 11.9 Å². The Morgan fingerprint density at radius 2 is 1.68 bits per heavy atom. The van der Waals surface area contributed by atoms with Crippen LogP contribution in [-0.2, 0) is 4.79 Å². The molecule has 0 saturated carbocycles. The Hall–Kier alpha value is -2.99. The lowest BCUT2D eigenvalue weighted by atomic mass is 10.1. The summed E-state index contributed by atoms with van der Waals surface area (Å²) in [6.45, 7) is 5.82. The third kappa shape index (κ3) is 5.04. The fourth-order valence-corrected chi connectivity index (χ4v) is 3.43. The number of carbonyl (C=O) groups is 2. The van der Waals surface area contributed by atoms with Crippen molar-refractivity contribution in [1.82, 2.24) is 5.32 Å². The lowest BCUT2D eigenvalue weighted by Crippen LogP contribution is -2.41. The Labute approximate surface area is 168 Å². The van der Waals surface area contributed by atoms with E-state index in [-0.39, 0.29) is 11.7 Å². The Balaban J connectivity index is 1.56. The van der Waals surface area contributed by atoms with Crippen molar-refractivity contribution in [2.75, 3.05) is 5.32 Å². The third-order valence-corrected chi connectivity index (χ3v) is 5.32. The highest BCUT2D eigenvalue weighted by Crippen LogP contribution is 2.29. The molecule has 3 rings (SSSR count). The van der Waals surface area contributed by atoms with Gasteiger partial charge in [0, 0.05) is 15.5 Å². The summed E-state index contributed by atoms with van der Waals surface area (Å²) >= 11 is 1.67. The average molecular weight is 394 g/mol. The van der Waals surface area contributed by atoms with Crippen LogP contribution < -0.4 is 10.6 Å². The third-order valence-electron chi connectivity index (χ3n) is 4.32. The molecule has 0 spiro atoms. The van der Waals surface area contributed by atoms with Gasteiger partial charge >= 0.3 is 0 Å². The van der Waals surface area contributed by atoms with Gasteiger partial charge in [0.1, 0.15) is 6.04 Å². The zero-order valence-electron chi connectivity index (χ0n) is 16.0. The first-order valence-electron chi connectivity index (χ1n) is 8.93. The topological polar surface area (TPSA) is 71.3 Å². The number of anilines is 1. The van der Waals surface area contributed by atoms with Crippen LogP contribution in [0.25, 0.3) is 0 Å². The molecule has 1 heterocycles. The first-order chi connectivity index (χ1) is 13.4. The predicted octanol–water partition coefficient (Wildman–Crippen LogP) is 4.80. The molecule has 28 heavy (non-hydrogen) atoms. The first kappa shape index (κ1) is 19.8. The molecule has 0 aliphatic rings. The molecule has 144 valence electrons. The number of nitrogens with one attached hydrogen (secondary N) is 2. The van der Waals surface area contributed by atoms with E-state index >= 15 is 0 Å². The molecule has 6 heteroatoms. The summed E-state index contributed by atoms with van der Waals surface area (Å²) in [4.78, 5) is 26.5. The highest BCUT2D eigenvalue weighted by atomic mass is 32.2. The van der Waals surface area contributed by atoms with Crippen LogP contribution in [0.2, 0.25) is 0 Å². The van der Waals surface area contributed by atoms with Crippen LogP contribution in [0.3, 0.4) is 0 Å². The highest BCUT2D eigenvalue weighted by Gasteiger charge is 2.18. The van der Waals surface area contributed by atoms with E-state index in [9.17, 15) is 9.59 Å². The first-order valence-corrected chi connectivity index (χ1v) is 9.74. The largest absolute Gasteiger partial charge is 0.459 e. The van der Waals surface area contributed by atoms with Gasteiger partial charge < -0.3 is 15.1 Å². The minimum absolute atomic E-state index is 0.173. The quantitative estimate of drug-likeness (QED) is 0.630. The Morgan fingerprint density at radius 1 is 0.964 bits per heavy atom. The molecule has 2 N–H and O–H groups in total. The molecule has 0 bridgehead atoms. The van der Waals surface area contributed by atoms with Gasteiger partial charge in [-0.25, -0.2) is 0 Å². The number of aryl methyl sites for hydroxylation is 2. The molecule has 1 aromatic heterocycles. The summed E-state index contributed by atoms with van der Waals surface area (Å²) in [6, 6.07) is 16.5. The molecule has 3 aromatic rings. The van der Waals surface area contributed by atoms with Gasteiger partial charge in [-0.05, 0) is 80.4 Å².